The van der Waals surface area contributed by atoms with Crippen LogP contribution < -0.4 is 0 Å². The van der Waals surface area contributed by atoms with Crippen LogP contribution in [0.5, 0.6) is 0 Å². The standard InChI is InChI=1S/C13H12BrFO2/c1-8-6-10(15)3-2-9(8)7-11(16)12-4-5-13(14)17-12/h2-6,11,16H,7H2,1H3. The molecule has 2 nitrogen and oxygen atoms in total. The highest BCUT2D eigenvalue weighted by Crippen LogP contribution is 2.24. The van der Waals surface area contributed by atoms with Crippen molar-refractivity contribution in [1.82, 2.24) is 0 Å². The molecule has 1 atom stereocenters. The number of halogens is 2. The lowest BCUT2D eigenvalue weighted by molar-refractivity contribution is 0.148. The molecule has 0 saturated carbocycles. The van der Waals surface area contributed by atoms with E-state index >= 15 is 0 Å². The molecular weight excluding hydrogens is 287 g/mol. The summed E-state index contributed by atoms with van der Waals surface area (Å²) in [6, 6.07) is 7.99. The van der Waals surface area contributed by atoms with Crippen LogP contribution in [0.15, 0.2) is 39.4 Å². The van der Waals surface area contributed by atoms with Gasteiger partial charge in [-0.3, -0.25) is 0 Å². The van der Waals surface area contributed by atoms with Gasteiger partial charge >= 0.3 is 0 Å². The summed E-state index contributed by atoms with van der Waals surface area (Å²) in [4.78, 5) is 0. The molecule has 4 heteroatoms. The second kappa shape index (κ2) is 5.02. The molecule has 17 heavy (non-hydrogen) atoms. The maximum Gasteiger partial charge on any atom is 0.169 e. The van der Waals surface area contributed by atoms with Crippen LogP contribution in [0.2, 0.25) is 0 Å². The zero-order valence-electron chi connectivity index (χ0n) is 9.28. The van der Waals surface area contributed by atoms with Gasteiger partial charge in [-0.2, -0.15) is 0 Å². The van der Waals surface area contributed by atoms with Crippen molar-refractivity contribution >= 4 is 15.9 Å². The maximum atomic E-state index is 12.9. The van der Waals surface area contributed by atoms with Gasteiger partial charge < -0.3 is 9.52 Å². The molecule has 2 aromatic rings. The Balaban J connectivity index is 2.15. The highest BCUT2D eigenvalue weighted by Gasteiger charge is 2.14. The lowest BCUT2D eigenvalue weighted by Crippen LogP contribution is -2.02. The Morgan fingerprint density at radius 2 is 2.12 bits per heavy atom. The molecule has 1 aromatic carbocycles. The van der Waals surface area contributed by atoms with Crippen LogP contribution in [0.3, 0.4) is 0 Å². The molecule has 1 aromatic heterocycles. The number of furan rings is 1. The van der Waals surface area contributed by atoms with E-state index in [-0.39, 0.29) is 5.82 Å². The quantitative estimate of drug-likeness (QED) is 0.936. The number of aliphatic hydroxyl groups is 1. The SMILES string of the molecule is Cc1cc(F)ccc1CC(O)c1ccc(Br)o1. The molecule has 0 radical (unpaired) electrons. The fraction of sp³-hybridized carbons (Fsp3) is 0.231. The number of aliphatic hydroxyl groups excluding tert-OH is 1. The summed E-state index contributed by atoms with van der Waals surface area (Å²) in [5.41, 5.74) is 1.74. The second-order valence-corrected chi connectivity index (χ2v) is 4.71. The van der Waals surface area contributed by atoms with Crippen LogP contribution in [-0.2, 0) is 6.42 Å². The van der Waals surface area contributed by atoms with Crippen LogP contribution in [-0.4, -0.2) is 5.11 Å². The first-order valence-corrected chi connectivity index (χ1v) is 6.04. The van der Waals surface area contributed by atoms with Gasteiger partial charge in [0.25, 0.3) is 0 Å². The first-order chi connectivity index (χ1) is 8.06. The van der Waals surface area contributed by atoms with Crippen molar-refractivity contribution in [3.8, 4) is 0 Å². The monoisotopic (exact) mass is 298 g/mol. The molecule has 0 aliphatic rings. The van der Waals surface area contributed by atoms with E-state index in [2.05, 4.69) is 15.9 Å². The van der Waals surface area contributed by atoms with Crippen molar-refractivity contribution in [2.24, 2.45) is 0 Å². The van der Waals surface area contributed by atoms with Crippen LogP contribution in [0.4, 0.5) is 4.39 Å². The van der Waals surface area contributed by atoms with Crippen LogP contribution in [0, 0.1) is 12.7 Å². The van der Waals surface area contributed by atoms with E-state index < -0.39 is 6.10 Å². The molecule has 0 aliphatic heterocycles. The summed E-state index contributed by atoms with van der Waals surface area (Å²) in [7, 11) is 0. The molecule has 1 N–H and O–H groups in total. The predicted octanol–water partition coefficient (Wildman–Crippen LogP) is 3.77. The fourth-order valence-corrected chi connectivity index (χ4v) is 2.02. The van der Waals surface area contributed by atoms with Gasteiger partial charge in [0.2, 0.25) is 0 Å². The minimum absolute atomic E-state index is 0.263. The Kier molecular flexibility index (Phi) is 3.64. The van der Waals surface area contributed by atoms with Crippen LogP contribution in [0.1, 0.15) is 23.0 Å². The minimum atomic E-state index is -0.717. The third-order valence-corrected chi connectivity index (χ3v) is 3.07. The highest BCUT2D eigenvalue weighted by molar-refractivity contribution is 9.10. The minimum Gasteiger partial charge on any atom is -0.452 e. The average Bonchev–Trinajstić information content (AvgIpc) is 2.69. The molecular formula is C13H12BrFO2. The molecule has 1 unspecified atom stereocenters. The summed E-state index contributed by atoms with van der Waals surface area (Å²) >= 11 is 3.18. The number of rotatable bonds is 3. The van der Waals surface area contributed by atoms with Crippen molar-refractivity contribution in [3.63, 3.8) is 0 Å². The Morgan fingerprint density at radius 1 is 1.35 bits per heavy atom. The van der Waals surface area contributed by atoms with Crippen LogP contribution in [0.25, 0.3) is 0 Å². The van der Waals surface area contributed by atoms with Gasteiger partial charge in [0.05, 0.1) is 0 Å². The number of hydrogen-bond donors (Lipinski definition) is 1. The number of aryl methyl sites for hydroxylation is 1. The van der Waals surface area contributed by atoms with Crippen molar-refractivity contribution < 1.29 is 13.9 Å². The Hall–Kier alpha value is -1.13. The summed E-state index contributed by atoms with van der Waals surface area (Å²) in [5.74, 6) is 0.238. The van der Waals surface area contributed by atoms with E-state index in [4.69, 9.17) is 4.42 Å². The van der Waals surface area contributed by atoms with E-state index in [0.717, 1.165) is 11.1 Å². The van der Waals surface area contributed by atoms with Gasteiger partial charge in [-0.1, -0.05) is 6.07 Å². The van der Waals surface area contributed by atoms with Gasteiger partial charge in [0.15, 0.2) is 4.67 Å². The lowest BCUT2D eigenvalue weighted by Gasteiger charge is -2.10. The van der Waals surface area contributed by atoms with E-state index in [0.29, 0.717) is 16.9 Å². The third-order valence-electron chi connectivity index (χ3n) is 2.64. The number of benzene rings is 1. The normalized spacial score (nSPS) is 12.7. The van der Waals surface area contributed by atoms with Crippen molar-refractivity contribution in [2.75, 3.05) is 0 Å². The molecule has 0 fully saturated rings. The van der Waals surface area contributed by atoms with Crippen molar-refractivity contribution in [3.05, 3.63) is 57.7 Å². The van der Waals surface area contributed by atoms with Gasteiger partial charge in [0, 0.05) is 6.42 Å². The van der Waals surface area contributed by atoms with E-state index in [1.165, 1.54) is 12.1 Å². The van der Waals surface area contributed by atoms with Crippen molar-refractivity contribution in [2.45, 2.75) is 19.4 Å². The third kappa shape index (κ3) is 2.96. The molecule has 0 spiro atoms. The second-order valence-electron chi connectivity index (χ2n) is 3.93. The van der Waals surface area contributed by atoms with Crippen molar-refractivity contribution in [1.29, 1.82) is 0 Å². The summed E-state index contributed by atoms with van der Waals surface area (Å²) in [5, 5.41) is 9.97. The fourth-order valence-electron chi connectivity index (χ4n) is 1.70. The Bertz CT molecular complexity index is 522. The largest absolute Gasteiger partial charge is 0.452 e. The number of hydrogen-bond acceptors (Lipinski definition) is 2. The predicted molar refractivity (Wildman–Crippen MR) is 66.2 cm³/mol. The molecule has 1 heterocycles. The van der Waals surface area contributed by atoms with Gasteiger partial charge in [-0.15, -0.1) is 0 Å². The van der Waals surface area contributed by atoms with E-state index in [9.17, 15) is 9.50 Å². The lowest BCUT2D eigenvalue weighted by atomic mass is 10.0. The van der Waals surface area contributed by atoms with E-state index in [1.54, 1.807) is 18.2 Å². The maximum absolute atomic E-state index is 12.9. The molecule has 2 rings (SSSR count). The smallest absolute Gasteiger partial charge is 0.169 e. The van der Waals surface area contributed by atoms with Gasteiger partial charge in [-0.05, 0) is 58.2 Å². The molecule has 0 bridgehead atoms. The molecule has 90 valence electrons. The highest BCUT2D eigenvalue weighted by atomic mass is 79.9. The first-order valence-electron chi connectivity index (χ1n) is 5.24. The molecule has 0 aliphatic carbocycles. The summed E-state index contributed by atoms with van der Waals surface area (Å²) in [6.45, 7) is 1.82. The van der Waals surface area contributed by atoms with Gasteiger partial charge in [-0.25, -0.2) is 4.39 Å². The zero-order chi connectivity index (χ0) is 12.4. The van der Waals surface area contributed by atoms with Crippen LogP contribution >= 0.6 is 15.9 Å². The summed E-state index contributed by atoms with van der Waals surface area (Å²) in [6.07, 6.45) is -0.308. The Labute approximate surface area is 107 Å². The summed E-state index contributed by atoms with van der Waals surface area (Å²) < 4.78 is 18.8. The Morgan fingerprint density at radius 3 is 2.71 bits per heavy atom. The average molecular weight is 299 g/mol. The zero-order valence-corrected chi connectivity index (χ0v) is 10.9. The molecule has 0 amide bonds. The van der Waals surface area contributed by atoms with Gasteiger partial charge in [0.1, 0.15) is 17.7 Å². The first kappa shape index (κ1) is 12.3. The topological polar surface area (TPSA) is 33.4 Å². The molecule has 0 saturated heterocycles. The van der Waals surface area contributed by atoms with E-state index in [1.807, 2.05) is 6.92 Å².